The molecule has 5 heterocycles. The van der Waals surface area contributed by atoms with Crippen molar-refractivity contribution in [2.45, 2.75) is 0 Å². The summed E-state index contributed by atoms with van der Waals surface area (Å²) in [4.78, 5) is 32.1. The molecule has 0 radical (unpaired) electrons. The quantitative estimate of drug-likeness (QED) is 0.506. The maximum Gasteiger partial charge on any atom is 0.257 e. The first-order chi connectivity index (χ1) is 13.7. The van der Waals surface area contributed by atoms with Gasteiger partial charge >= 0.3 is 0 Å². The molecular weight excluding hydrogens is 361 g/mol. The highest BCUT2D eigenvalue weighted by Crippen LogP contribution is 2.28. The molecule has 0 saturated heterocycles. The van der Waals surface area contributed by atoms with Crippen molar-refractivity contribution in [1.82, 2.24) is 29.3 Å². The number of anilines is 1. The average Bonchev–Trinajstić information content (AvgIpc) is 3.33. The van der Waals surface area contributed by atoms with Gasteiger partial charge in [0.1, 0.15) is 11.5 Å². The van der Waals surface area contributed by atoms with Crippen LogP contribution >= 0.6 is 0 Å². The van der Waals surface area contributed by atoms with E-state index in [0.717, 1.165) is 22.7 Å². The number of amides is 1. The van der Waals surface area contributed by atoms with Crippen LogP contribution in [0.15, 0.2) is 61.7 Å². The summed E-state index contributed by atoms with van der Waals surface area (Å²) in [5.41, 5.74) is 2.96. The summed E-state index contributed by atoms with van der Waals surface area (Å²) in [5, 5.41) is 3.39. The first kappa shape index (κ1) is 16.1. The molecule has 0 bridgehead atoms. The Balaban J connectivity index is 1.53. The lowest BCUT2D eigenvalue weighted by atomic mass is 10.1. The number of carbonyl (C=O) groups excluding carboxylic acids is 1. The van der Waals surface area contributed by atoms with Crippen molar-refractivity contribution < 1.29 is 9.18 Å². The van der Waals surface area contributed by atoms with Crippen LogP contribution in [0.3, 0.4) is 0 Å². The number of nitrogens with one attached hydrogen (secondary N) is 2. The van der Waals surface area contributed by atoms with E-state index < -0.39 is 11.7 Å². The summed E-state index contributed by atoms with van der Waals surface area (Å²) in [7, 11) is 0. The fraction of sp³-hybridized carbons (Fsp3) is 0. The maximum absolute atomic E-state index is 13.3. The van der Waals surface area contributed by atoms with Crippen molar-refractivity contribution in [2.24, 2.45) is 0 Å². The number of pyridine rings is 2. The molecule has 0 aliphatic rings. The number of halogens is 1. The molecule has 0 saturated carbocycles. The van der Waals surface area contributed by atoms with E-state index in [-0.39, 0.29) is 5.69 Å². The third kappa shape index (κ3) is 2.75. The van der Waals surface area contributed by atoms with Gasteiger partial charge in [-0.3, -0.25) is 14.2 Å². The van der Waals surface area contributed by atoms with Crippen LogP contribution in [-0.2, 0) is 0 Å². The highest BCUT2D eigenvalue weighted by atomic mass is 19.1. The normalized spacial score (nSPS) is 11.2. The minimum atomic E-state index is -0.526. The Kier molecular flexibility index (Phi) is 3.58. The summed E-state index contributed by atoms with van der Waals surface area (Å²) in [5.74, 6) is -0.329. The van der Waals surface area contributed by atoms with Gasteiger partial charge < -0.3 is 10.3 Å². The van der Waals surface area contributed by atoms with Crippen molar-refractivity contribution in [3.8, 4) is 11.1 Å². The van der Waals surface area contributed by atoms with Gasteiger partial charge in [0.2, 0.25) is 5.78 Å². The molecule has 9 heteroatoms. The predicted octanol–water partition coefficient (Wildman–Crippen LogP) is 3.06. The molecule has 0 unspecified atom stereocenters. The van der Waals surface area contributed by atoms with Gasteiger partial charge in [-0.15, -0.1) is 0 Å². The Hall–Kier alpha value is -4.14. The molecule has 28 heavy (non-hydrogen) atoms. The minimum absolute atomic E-state index is 0.272. The number of H-pyrrole nitrogens is 1. The third-order valence-corrected chi connectivity index (χ3v) is 4.31. The second kappa shape index (κ2) is 6.23. The molecule has 1 amide bonds. The second-order valence-corrected chi connectivity index (χ2v) is 6.15. The Labute approximate surface area is 157 Å². The second-order valence-electron chi connectivity index (χ2n) is 6.15. The fourth-order valence-electron chi connectivity index (χ4n) is 3.01. The lowest BCUT2D eigenvalue weighted by molar-refractivity contribution is 0.102. The lowest BCUT2D eigenvalue weighted by Gasteiger charge is -2.05. The fourth-order valence-corrected chi connectivity index (χ4v) is 3.01. The van der Waals surface area contributed by atoms with Crippen LogP contribution in [0.25, 0.3) is 27.9 Å². The van der Waals surface area contributed by atoms with Crippen LogP contribution in [0, 0.1) is 5.82 Å². The number of carbonyl (C=O) groups is 1. The van der Waals surface area contributed by atoms with Gasteiger partial charge in [-0.05, 0) is 6.07 Å². The molecular formula is C19H12FN7O. The third-order valence-electron chi connectivity index (χ3n) is 4.31. The van der Waals surface area contributed by atoms with E-state index in [9.17, 15) is 9.18 Å². The van der Waals surface area contributed by atoms with Crippen LogP contribution in [0.1, 0.15) is 10.4 Å². The van der Waals surface area contributed by atoms with Gasteiger partial charge in [0.15, 0.2) is 0 Å². The highest BCUT2D eigenvalue weighted by Gasteiger charge is 2.13. The largest absolute Gasteiger partial charge is 0.346 e. The number of aromatic nitrogens is 6. The first-order valence-electron chi connectivity index (χ1n) is 8.35. The Bertz CT molecular complexity index is 1340. The molecule has 0 aliphatic heterocycles. The number of nitrogens with zero attached hydrogens (tertiary/aromatic N) is 5. The number of hydrogen-bond acceptors (Lipinski definition) is 5. The highest BCUT2D eigenvalue weighted by molar-refractivity contribution is 6.07. The molecule has 0 fully saturated rings. The van der Waals surface area contributed by atoms with Gasteiger partial charge in [0, 0.05) is 59.8 Å². The molecule has 0 aromatic carbocycles. The summed E-state index contributed by atoms with van der Waals surface area (Å²) < 4.78 is 15.1. The molecule has 5 aromatic rings. The van der Waals surface area contributed by atoms with Crippen molar-refractivity contribution in [3.05, 3.63) is 73.1 Å². The monoisotopic (exact) mass is 373 g/mol. The van der Waals surface area contributed by atoms with Gasteiger partial charge in [-0.2, -0.15) is 0 Å². The van der Waals surface area contributed by atoms with E-state index in [1.165, 1.54) is 18.5 Å². The summed E-state index contributed by atoms with van der Waals surface area (Å²) >= 11 is 0. The Morgan fingerprint density at radius 1 is 1.11 bits per heavy atom. The van der Waals surface area contributed by atoms with Crippen molar-refractivity contribution in [1.29, 1.82) is 0 Å². The summed E-state index contributed by atoms with van der Waals surface area (Å²) in [6.45, 7) is 0. The van der Waals surface area contributed by atoms with Crippen LogP contribution < -0.4 is 5.32 Å². The zero-order chi connectivity index (χ0) is 19.1. The van der Waals surface area contributed by atoms with Crippen LogP contribution in [-0.4, -0.2) is 35.2 Å². The van der Waals surface area contributed by atoms with E-state index in [1.54, 1.807) is 18.5 Å². The van der Waals surface area contributed by atoms with Gasteiger partial charge in [-0.25, -0.2) is 19.3 Å². The van der Waals surface area contributed by atoms with Crippen LogP contribution in [0.2, 0.25) is 0 Å². The zero-order valence-corrected chi connectivity index (χ0v) is 14.3. The number of rotatable bonds is 3. The minimum Gasteiger partial charge on any atom is -0.346 e. The van der Waals surface area contributed by atoms with Gasteiger partial charge in [0.25, 0.3) is 5.91 Å². The Morgan fingerprint density at radius 3 is 2.93 bits per heavy atom. The molecule has 136 valence electrons. The van der Waals surface area contributed by atoms with E-state index in [1.807, 2.05) is 23.0 Å². The van der Waals surface area contributed by atoms with Crippen molar-refractivity contribution in [3.63, 3.8) is 0 Å². The Morgan fingerprint density at radius 2 is 2.04 bits per heavy atom. The van der Waals surface area contributed by atoms with Gasteiger partial charge in [-0.1, -0.05) is 0 Å². The van der Waals surface area contributed by atoms with Crippen LogP contribution in [0.4, 0.5) is 10.1 Å². The molecule has 0 aliphatic carbocycles. The number of imidazole rings is 1. The maximum atomic E-state index is 13.3. The lowest BCUT2D eigenvalue weighted by Crippen LogP contribution is -2.12. The van der Waals surface area contributed by atoms with E-state index in [4.69, 9.17) is 0 Å². The smallest absolute Gasteiger partial charge is 0.257 e. The molecule has 8 nitrogen and oxygen atoms in total. The SMILES string of the molecule is O=C(Nc1cncc(F)c1)c1cnc2[nH]cc(-c3cnc4nccn4c3)c2c1. The molecule has 5 rings (SSSR count). The number of hydrogen-bond donors (Lipinski definition) is 2. The standard InChI is InChI=1S/C19H12FN7O/c20-13-4-14(8-21-7-13)26-18(28)11-3-15-16(9-24-17(15)23-5-11)12-6-25-19-22-1-2-27(19)10-12/h1-10H,(H,23,24)(H,26,28). The topological polar surface area (TPSA) is 101 Å². The molecule has 0 spiro atoms. The van der Waals surface area contributed by atoms with E-state index >= 15 is 0 Å². The average molecular weight is 373 g/mol. The number of fused-ring (bicyclic) bond motifs is 2. The van der Waals surface area contributed by atoms with Crippen molar-refractivity contribution in [2.75, 3.05) is 5.32 Å². The predicted molar refractivity (Wildman–Crippen MR) is 100 cm³/mol. The zero-order valence-electron chi connectivity index (χ0n) is 14.3. The summed E-state index contributed by atoms with van der Waals surface area (Å²) in [6, 6.07) is 2.93. The molecule has 5 aromatic heterocycles. The van der Waals surface area contributed by atoms with E-state index in [2.05, 4.69) is 30.2 Å². The van der Waals surface area contributed by atoms with Gasteiger partial charge in [0.05, 0.1) is 23.6 Å². The summed E-state index contributed by atoms with van der Waals surface area (Å²) in [6.07, 6.45) is 12.8. The van der Waals surface area contributed by atoms with Crippen molar-refractivity contribution >= 4 is 28.4 Å². The first-order valence-corrected chi connectivity index (χ1v) is 8.35. The molecule has 2 N–H and O–H groups in total. The number of aromatic amines is 1. The van der Waals surface area contributed by atoms with E-state index in [0.29, 0.717) is 17.0 Å². The van der Waals surface area contributed by atoms with Crippen LogP contribution in [0.5, 0.6) is 0 Å². The molecule has 0 atom stereocenters.